The first-order valence-electron chi connectivity index (χ1n) is 5.04. The van der Waals surface area contributed by atoms with Gasteiger partial charge in [-0.1, -0.05) is 20.3 Å². The molecule has 0 aromatic rings. The molecule has 0 saturated heterocycles. The maximum absolute atomic E-state index is 11.0. The van der Waals surface area contributed by atoms with Gasteiger partial charge >= 0.3 is 5.97 Å². The van der Waals surface area contributed by atoms with E-state index in [0.717, 1.165) is 12.8 Å². The number of carbonyl (C=O) groups is 2. The summed E-state index contributed by atoms with van der Waals surface area (Å²) in [6.07, 6.45) is 2.05. The fraction of sp³-hybridized carbons (Fsp3) is 0.800. The molecule has 82 valence electrons. The third kappa shape index (κ3) is 7.58. The minimum absolute atomic E-state index is 0.0792. The molecule has 1 amide bonds. The van der Waals surface area contributed by atoms with Gasteiger partial charge in [0, 0.05) is 13.0 Å². The average molecular weight is 201 g/mol. The van der Waals surface area contributed by atoms with Crippen LogP contribution < -0.4 is 5.32 Å². The number of amides is 1. The number of rotatable bonds is 7. The lowest BCUT2D eigenvalue weighted by atomic mass is 10.1. The van der Waals surface area contributed by atoms with Crippen LogP contribution in [0.25, 0.3) is 0 Å². The molecular formula is C10H19NO3. The van der Waals surface area contributed by atoms with Gasteiger partial charge in [0.25, 0.3) is 0 Å². The summed E-state index contributed by atoms with van der Waals surface area (Å²) in [6, 6.07) is 0. The lowest BCUT2D eigenvalue weighted by Gasteiger charge is -2.08. The van der Waals surface area contributed by atoms with Crippen molar-refractivity contribution in [3.8, 4) is 0 Å². The van der Waals surface area contributed by atoms with Gasteiger partial charge in [0.05, 0.1) is 6.42 Å². The molecule has 0 fully saturated rings. The summed E-state index contributed by atoms with van der Waals surface area (Å²) in [5, 5.41) is 11.0. The van der Waals surface area contributed by atoms with Crippen molar-refractivity contribution in [1.82, 2.24) is 5.32 Å². The molecule has 0 spiro atoms. The highest BCUT2D eigenvalue weighted by molar-refractivity contribution is 5.80. The van der Waals surface area contributed by atoms with Crippen molar-refractivity contribution in [1.29, 1.82) is 0 Å². The molecule has 1 atom stereocenters. The number of nitrogens with one attached hydrogen (secondary N) is 1. The molecule has 0 rings (SSSR count). The van der Waals surface area contributed by atoms with Crippen molar-refractivity contribution < 1.29 is 14.7 Å². The molecule has 4 heteroatoms. The zero-order chi connectivity index (χ0) is 11.0. The first-order valence-corrected chi connectivity index (χ1v) is 5.04. The number of aliphatic carboxylic acids is 1. The summed E-state index contributed by atoms with van der Waals surface area (Å²) >= 11 is 0. The first-order chi connectivity index (χ1) is 6.56. The fourth-order valence-electron chi connectivity index (χ4n) is 0.971. The molecule has 0 aromatic carbocycles. The molecule has 0 heterocycles. The first kappa shape index (κ1) is 12.9. The van der Waals surface area contributed by atoms with Gasteiger partial charge in [-0.3, -0.25) is 9.59 Å². The molecule has 0 saturated carbocycles. The Labute approximate surface area is 84.7 Å². The second-order valence-corrected chi connectivity index (χ2v) is 3.55. The summed E-state index contributed by atoms with van der Waals surface area (Å²) in [5.74, 6) is -0.493. The zero-order valence-corrected chi connectivity index (χ0v) is 8.88. The van der Waals surface area contributed by atoms with Crippen LogP contribution in [0.1, 0.15) is 39.5 Å². The van der Waals surface area contributed by atoms with E-state index in [0.29, 0.717) is 12.5 Å². The zero-order valence-electron chi connectivity index (χ0n) is 8.88. The van der Waals surface area contributed by atoms with Gasteiger partial charge in [-0.25, -0.2) is 0 Å². The Bertz CT molecular complexity index is 192. The standard InChI is InChI=1S/C10H19NO3/c1-3-8(2)6-7-11-9(12)4-5-10(13)14/h8H,3-7H2,1-2H3,(H,11,12)(H,13,14). The Morgan fingerprint density at radius 3 is 2.50 bits per heavy atom. The van der Waals surface area contributed by atoms with Gasteiger partial charge in [0.1, 0.15) is 0 Å². The van der Waals surface area contributed by atoms with E-state index >= 15 is 0 Å². The molecule has 1 unspecified atom stereocenters. The highest BCUT2D eigenvalue weighted by Crippen LogP contribution is 2.04. The molecule has 0 aromatic heterocycles. The average Bonchev–Trinajstić information content (AvgIpc) is 2.14. The van der Waals surface area contributed by atoms with E-state index in [4.69, 9.17) is 5.11 Å². The van der Waals surface area contributed by atoms with Gasteiger partial charge in [0.2, 0.25) is 5.91 Å². The van der Waals surface area contributed by atoms with Crippen molar-refractivity contribution in [2.45, 2.75) is 39.5 Å². The lowest BCUT2D eigenvalue weighted by molar-refractivity contribution is -0.138. The van der Waals surface area contributed by atoms with Crippen LogP contribution in [0.5, 0.6) is 0 Å². The minimum Gasteiger partial charge on any atom is -0.481 e. The highest BCUT2D eigenvalue weighted by Gasteiger charge is 2.05. The van der Waals surface area contributed by atoms with Crippen LogP contribution in [0.15, 0.2) is 0 Å². The van der Waals surface area contributed by atoms with Gasteiger partial charge in [-0.05, 0) is 12.3 Å². The molecule has 0 radical (unpaired) electrons. The summed E-state index contributed by atoms with van der Waals surface area (Å²) in [6.45, 7) is 4.88. The van der Waals surface area contributed by atoms with Crippen LogP contribution in [-0.4, -0.2) is 23.5 Å². The van der Waals surface area contributed by atoms with Crippen molar-refractivity contribution in [3.05, 3.63) is 0 Å². The molecule has 4 nitrogen and oxygen atoms in total. The quantitative estimate of drug-likeness (QED) is 0.654. The van der Waals surface area contributed by atoms with Crippen molar-refractivity contribution >= 4 is 11.9 Å². The van der Waals surface area contributed by atoms with E-state index in [2.05, 4.69) is 19.2 Å². The Hall–Kier alpha value is -1.06. The van der Waals surface area contributed by atoms with Gasteiger partial charge < -0.3 is 10.4 Å². The summed E-state index contributed by atoms with van der Waals surface area (Å²) in [4.78, 5) is 21.2. The van der Waals surface area contributed by atoms with Crippen LogP contribution in [0.4, 0.5) is 0 Å². The largest absolute Gasteiger partial charge is 0.481 e. The van der Waals surface area contributed by atoms with E-state index in [1.807, 2.05) is 0 Å². The molecule has 0 aliphatic heterocycles. The third-order valence-electron chi connectivity index (χ3n) is 2.22. The molecule has 2 N–H and O–H groups in total. The third-order valence-corrected chi connectivity index (χ3v) is 2.22. The van der Waals surface area contributed by atoms with Crippen LogP contribution in [0.2, 0.25) is 0 Å². The summed E-state index contributed by atoms with van der Waals surface area (Å²) in [7, 11) is 0. The van der Waals surface area contributed by atoms with Gasteiger partial charge in [-0.2, -0.15) is 0 Å². The van der Waals surface area contributed by atoms with E-state index in [9.17, 15) is 9.59 Å². The molecule has 0 aliphatic rings. The topological polar surface area (TPSA) is 66.4 Å². The predicted octanol–water partition coefficient (Wildman–Crippen LogP) is 1.40. The molecular weight excluding hydrogens is 182 g/mol. The maximum atomic E-state index is 11.0. The number of carboxylic acid groups (broad SMARTS) is 1. The second kappa shape index (κ2) is 7.35. The van der Waals surface area contributed by atoms with E-state index in [-0.39, 0.29) is 18.7 Å². The maximum Gasteiger partial charge on any atom is 0.303 e. The number of hydrogen-bond acceptors (Lipinski definition) is 2. The van der Waals surface area contributed by atoms with Gasteiger partial charge in [-0.15, -0.1) is 0 Å². The van der Waals surface area contributed by atoms with Crippen molar-refractivity contribution in [3.63, 3.8) is 0 Å². The Balaban J connectivity index is 3.40. The normalized spacial score (nSPS) is 12.1. The highest BCUT2D eigenvalue weighted by atomic mass is 16.4. The number of hydrogen-bond donors (Lipinski definition) is 2. The smallest absolute Gasteiger partial charge is 0.303 e. The van der Waals surface area contributed by atoms with E-state index in [1.54, 1.807) is 0 Å². The Kier molecular flexibility index (Phi) is 6.80. The van der Waals surface area contributed by atoms with Crippen LogP contribution in [-0.2, 0) is 9.59 Å². The van der Waals surface area contributed by atoms with Crippen LogP contribution in [0, 0.1) is 5.92 Å². The minimum atomic E-state index is -0.929. The molecule has 14 heavy (non-hydrogen) atoms. The molecule has 0 bridgehead atoms. The Morgan fingerprint density at radius 1 is 1.36 bits per heavy atom. The predicted molar refractivity (Wildman–Crippen MR) is 54.0 cm³/mol. The van der Waals surface area contributed by atoms with Crippen LogP contribution in [0.3, 0.4) is 0 Å². The van der Waals surface area contributed by atoms with Crippen molar-refractivity contribution in [2.75, 3.05) is 6.54 Å². The van der Waals surface area contributed by atoms with E-state index < -0.39 is 5.97 Å². The van der Waals surface area contributed by atoms with E-state index in [1.165, 1.54) is 0 Å². The second-order valence-electron chi connectivity index (χ2n) is 3.55. The number of carbonyl (C=O) groups excluding carboxylic acids is 1. The lowest BCUT2D eigenvalue weighted by Crippen LogP contribution is -2.25. The van der Waals surface area contributed by atoms with Crippen molar-refractivity contribution in [2.24, 2.45) is 5.92 Å². The summed E-state index contributed by atoms with van der Waals surface area (Å²) in [5.41, 5.74) is 0. The van der Waals surface area contributed by atoms with Gasteiger partial charge in [0.15, 0.2) is 0 Å². The van der Waals surface area contributed by atoms with Crippen LogP contribution >= 0.6 is 0 Å². The monoisotopic (exact) mass is 201 g/mol. The Morgan fingerprint density at radius 2 is 2.00 bits per heavy atom. The SMILES string of the molecule is CCC(C)CCNC(=O)CCC(=O)O. The number of carboxylic acids is 1. The fourth-order valence-corrected chi connectivity index (χ4v) is 0.971. The summed E-state index contributed by atoms with van der Waals surface area (Å²) < 4.78 is 0. The molecule has 0 aliphatic carbocycles.